The van der Waals surface area contributed by atoms with Gasteiger partial charge in [0, 0.05) is 24.8 Å². The zero-order chi connectivity index (χ0) is 10.5. The van der Waals surface area contributed by atoms with Crippen molar-refractivity contribution in [2.24, 2.45) is 0 Å². The van der Waals surface area contributed by atoms with Crippen LogP contribution in [0.1, 0.15) is 31.2 Å². The lowest BCUT2D eigenvalue weighted by Gasteiger charge is -2.35. The van der Waals surface area contributed by atoms with Crippen molar-refractivity contribution in [1.82, 2.24) is 4.90 Å². The fourth-order valence-electron chi connectivity index (χ4n) is 2.36. The number of furan rings is 1. The Morgan fingerprint density at radius 1 is 1.47 bits per heavy atom. The SMILES string of the molecule is OCCC1CCCCN1Cc1ccoc1. The molecule has 2 rings (SSSR count). The Morgan fingerprint density at radius 3 is 3.13 bits per heavy atom. The highest BCUT2D eigenvalue weighted by Crippen LogP contribution is 2.21. The minimum absolute atomic E-state index is 0.298. The Labute approximate surface area is 90.7 Å². The minimum Gasteiger partial charge on any atom is -0.472 e. The second-order valence-corrected chi connectivity index (χ2v) is 4.26. The number of nitrogens with zero attached hydrogens (tertiary/aromatic N) is 1. The second-order valence-electron chi connectivity index (χ2n) is 4.26. The van der Waals surface area contributed by atoms with Gasteiger partial charge in [-0.15, -0.1) is 0 Å². The van der Waals surface area contributed by atoms with Crippen molar-refractivity contribution in [1.29, 1.82) is 0 Å². The average Bonchev–Trinajstić information content (AvgIpc) is 2.74. The Balaban J connectivity index is 1.92. The number of hydrogen-bond donors (Lipinski definition) is 1. The molecule has 1 aromatic heterocycles. The van der Waals surface area contributed by atoms with Gasteiger partial charge in [-0.2, -0.15) is 0 Å². The van der Waals surface area contributed by atoms with E-state index in [1.165, 1.54) is 24.8 Å². The van der Waals surface area contributed by atoms with Crippen LogP contribution in [0.25, 0.3) is 0 Å². The number of rotatable bonds is 4. The lowest BCUT2D eigenvalue weighted by Crippen LogP contribution is -2.39. The van der Waals surface area contributed by atoms with Gasteiger partial charge in [0.15, 0.2) is 0 Å². The fourth-order valence-corrected chi connectivity index (χ4v) is 2.36. The van der Waals surface area contributed by atoms with Crippen molar-refractivity contribution in [2.45, 2.75) is 38.3 Å². The third-order valence-electron chi connectivity index (χ3n) is 3.18. The van der Waals surface area contributed by atoms with Crippen molar-refractivity contribution in [2.75, 3.05) is 13.2 Å². The monoisotopic (exact) mass is 209 g/mol. The maximum absolute atomic E-state index is 9.02. The molecule has 1 aromatic rings. The van der Waals surface area contributed by atoms with E-state index >= 15 is 0 Å². The van der Waals surface area contributed by atoms with Crippen LogP contribution in [-0.2, 0) is 6.54 Å². The van der Waals surface area contributed by atoms with Crippen LogP contribution in [0.4, 0.5) is 0 Å². The van der Waals surface area contributed by atoms with Gasteiger partial charge in [-0.05, 0) is 31.9 Å². The molecule has 0 saturated carbocycles. The lowest BCUT2D eigenvalue weighted by atomic mass is 9.99. The Kier molecular flexibility index (Phi) is 3.80. The van der Waals surface area contributed by atoms with E-state index in [0.29, 0.717) is 12.6 Å². The van der Waals surface area contributed by atoms with E-state index in [4.69, 9.17) is 9.52 Å². The number of likely N-dealkylation sites (tertiary alicyclic amines) is 1. The van der Waals surface area contributed by atoms with E-state index in [2.05, 4.69) is 4.90 Å². The quantitative estimate of drug-likeness (QED) is 0.824. The first-order valence-corrected chi connectivity index (χ1v) is 5.76. The highest BCUT2D eigenvalue weighted by molar-refractivity contribution is 5.05. The van der Waals surface area contributed by atoms with Gasteiger partial charge in [0.25, 0.3) is 0 Å². The van der Waals surface area contributed by atoms with Crippen molar-refractivity contribution >= 4 is 0 Å². The molecule has 1 unspecified atom stereocenters. The highest BCUT2D eigenvalue weighted by Gasteiger charge is 2.21. The topological polar surface area (TPSA) is 36.6 Å². The van der Waals surface area contributed by atoms with Gasteiger partial charge in [0.1, 0.15) is 0 Å². The number of aliphatic hydroxyl groups is 1. The van der Waals surface area contributed by atoms with Crippen LogP contribution in [0.2, 0.25) is 0 Å². The third kappa shape index (κ3) is 2.83. The molecule has 0 spiro atoms. The summed E-state index contributed by atoms with van der Waals surface area (Å²) >= 11 is 0. The minimum atomic E-state index is 0.298. The second kappa shape index (κ2) is 5.33. The van der Waals surface area contributed by atoms with E-state index in [1.807, 2.05) is 12.3 Å². The molecule has 0 amide bonds. The maximum Gasteiger partial charge on any atom is 0.0947 e. The molecule has 84 valence electrons. The molecule has 3 heteroatoms. The standard InChI is InChI=1S/C12H19NO2/c14-7-4-12-3-1-2-6-13(12)9-11-5-8-15-10-11/h5,8,10,12,14H,1-4,6-7,9H2. The van der Waals surface area contributed by atoms with Crippen LogP contribution < -0.4 is 0 Å². The summed E-state index contributed by atoms with van der Waals surface area (Å²) < 4.78 is 5.08. The summed E-state index contributed by atoms with van der Waals surface area (Å²) in [6.07, 6.45) is 8.23. The van der Waals surface area contributed by atoms with Gasteiger partial charge in [-0.25, -0.2) is 0 Å². The molecule has 2 heterocycles. The van der Waals surface area contributed by atoms with Crippen LogP contribution in [0.5, 0.6) is 0 Å². The highest BCUT2D eigenvalue weighted by atomic mass is 16.3. The zero-order valence-corrected chi connectivity index (χ0v) is 9.06. The molecule has 3 nitrogen and oxygen atoms in total. The molecule has 1 N–H and O–H groups in total. The summed E-state index contributed by atoms with van der Waals surface area (Å²) in [5.74, 6) is 0. The molecule has 0 radical (unpaired) electrons. The molecule has 1 fully saturated rings. The summed E-state index contributed by atoms with van der Waals surface area (Å²) in [7, 11) is 0. The van der Waals surface area contributed by atoms with Crippen molar-refractivity contribution < 1.29 is 9.52 Å². The first-order valence-electron chi connectivity index (χ1n) is 5.76. The van der Waals surface area contributed by atoms with Gasteiger partial charge < -0.3 is 9.52 Å². The predicted octanol–water partition coefficient (Wildman–Crippen LogP) is 2.02. The largest absolute Gasteiger partial charge is 0.472 e. The average molecular weight is 209 g/mol. The summed E-state index contributed by atoms with van der Waals surface area (Å²) in [5, 5.41) is 9.02. The Morgan fingerprint density at radius 2 is 2.40 bits per heavy atom. The molecule has 1 atom stereocenters. The van der Waals surface area contributed by atoms with Crippen LogP contribution in [0.15, 0.2) is 23.0 Å². The summed E-state index contributed by atoms with van der Waals surface area (Å²) in [6, 6.07) is 2.57. The first-order chi connectivity index (χ1) is 7.40. The Hall–Kier alpha value is -0.800. The van der Waals surface area contributed by atoms with Crippen LogP contribution in [-0.4, -0.2) is 29.2 Å². The van der Waals surface area contributed by atoms with E-state index in [0.717, 1.165) is 19.5 Å². The normalized spacial score (nSPS) is 23.1. The van der Waals surface area contributed by atoms with Gasteiger partial charge in [-0.3, -0.25) is 4.90 Å². The zero-order valence-electron chi connectivity index (χ0n) is 9.06. The third-order valence-corrected chi connectivity index (χ3v) is 3.18. The molecule has 1 saturated heterocycles. The fraction of sp³-hybridized carbons (Fsp3) is 0.667. The predicted molar refractivity (Wildman–Crippen MR) is 58.5 cm³/mol. The molecule has 15 heavy (non-hydrogen) atoms. The van der Waals surface area contributed by atoms with Crippen molar-refractivity contribution in [3.8, 4) is 0 Å². The molecular weight excluding hydrogens is 190 g/mol. The van der Waals surface area contributed by atoms with Crippen LogP contribution in [0.3, 0.4) is 0 Å². The molecular formula is C12H19NO2. The molecule has 1 aliphatic rings. The summed E-state index contributed by atoms with van der Waals surface area (Å²) in [4.78, 5) is 2.46. The molecule has 1 aliphatic heterocycles. The van der Waals surface area contributed by atoms with E-state index in [9.17, 15) is 0 Å². The van der Waals surface area contributed by atoms with Gasteiger partial charge >= 0.3 is 0 Å². The lowest BCUT2D eigenvalue weighted by molar-refractivity contribution is 0.112. The first kappa shape index (κ1) is 10.7. The van der Waals surface area contributed by atoms with E-state index in [1.54, 1.807) is 6.26 Å². The summed E-state index contributed by atoms with van der Waals surface area (Å²) in [5.41, 5.74) is 1.24. The number of piperidine rings is 1. The molecule has 0 aromatic carbocycles. The van der Waals surface area contributed by atoms with Gasteiger partial charge in [0.2, 0.25) is 0 Å². The number of aliphatic hydroxyl groups excluding tert-OH is 1. The Bertz CT molecular complexity index is 269. The number of hydrogen-bond acceptors (Lipinski definition) is 3. The smallest absolute Gasteiger partial charge is 0.0947 e. The summed E-state index contributed by atoms with van der Waals surface area (Å²) in [6.45, 7) is 2.41. The molecule has 0 aliphatic carbocycles. The maximum atomic E-state index is 9.02. The van der Waals surface area contributed by atoms with Gasteiger partial charge in [0.05, 0.1) is 12.5 Å². The van der Waals surface area contributed by atoms with Crippen molar-refractivity contribution in [3.05, 3.63) is 24.2 Å². The van der Waals surface area contributed by atoms with Crippen LogP contribution in [0, 0.1) is 0 Å². The molecule has 0 bridgehead atoms. The van der Waals surface area contributed by atoms with Gasteiger partial charge in [-0.1, -0.05) is 6.42 Å². The van der Waals surface area contributed by atoms with E-state index in [-0.39, 0.29) is 0 Å². The van der Waals surface area contributed by atoms with Crippen LogP contribution >= 0.6 is 0 Å². The van der Waals surface area contributed by atoms with Crippen molar-refractivity contribution in [3.63, 3.8) is 0 Å². The van der Waals surface area contributed by atoms with E-state index < -0.39 is 0 Å².